The summed E-state index contributed by atoms with van der Waals surface area (Å²) in [6.45, 7) is 6.07. The van der Waals surface area contributed by atoms with Crippen molar-refractivity contribution in [2.24, 2.45) is 7.05 Å². The van der Waals surface area contributed by atoms with Crippen LogP contribution in [-0.4, -0.2) is 59.5 Å². The monoisotopic (exact) mass is 355 g/mol. The van der Waals surface area contributed by atoms with Crippen LogP contribution >= 0.6 is 0 Å². The van der Waals surface area contributed by atoms with E-state index in [0.29, 0.717) is 37.5 Å². The van der Waals surface area contributed by atoms with Crippen LogP contribution in [0, 0.1) is 13.8 Å². The number of aryl methyl sites for hydroxylation is 1. The highest BCUT2D eigenvalue weighted by atomic mass is 16.5. The number of piperazine rings is 1. The summed E-state index contributed by atoms with van der Waals surface area (Å²) in [7, 11) is 3.53. The maximum atomic E-state index is 12.8. The van der Waals surface area contributed by atoms with E-state index in [2.05, 4.69) is 0 Å². The molecule has 6 heteroatoms. The topological polar surface area (TPSA) is 54.8 Å². The first-order valence-electron chi connectivity index (χ1n) is 8.78. The van der Waals surface area contributed by atoms with Crippen LogP contribution in [-0.2, 0) is 7.05 Å². The number of carbonyl (C=O) groups excluding carboxylic acids is 2. The largest absolute Gasteiger partial charge is 0.496 e. The normalized spacial score (nSPS) is 14.5. The van der Waals surface area contributed by atoms with Gasteiger partial charge in [-0.3, -0.25) is 9.59 Å². The average Bonchev–Trinajstić information content (AvgIpc) is 2.94. The van der Waals surface area contributed by atoms with Crippen LogP contribution in [0.1, 0.15) is 32.1 Å². The Bertz CT molecular complexity index is 833. The molecule has 1 aromatic heterocycles. The van der Waals surface area contributed by atoms with Gasteiger partial charge in [0, 0.05) is 44.6 Å². The smallest absolute Gasteiger partial charge is 0.257 e. The van der Waals surface area contributed by atoms with E-state index >= 15 is 0 Å². The molecule has 2 heterocycles. The van der Waals surface area contributed by atoms with Gasteiger partial charge in [0.25, 0.3) is 11.8 Å². The van der Waals surface area contributed by atoms with Crippen LogP contribution in [0.2, 0.25) is 0 Å². The van der Waals surface area contributed by atoms with Gasteiger partial charge in [-0.2, -0.15) is 0 Å². The lowest BCUT2D eigenvalue weighted by Crippen LogP contribution is -2.50. The number of hydrogen-bond donors (Lipinski definition) is 0. The van der Waals surface area contributed by atoms with Crippen LogP contribution in [0.25, 0.3) is 0 Å². The van der Waals surface area contributed by atoms with E-state index in [1.807, 2.05) is 48.6 Å². The standard InChI is InChI=1S/C20H25N3O3/c1-14-13-17(15(2)21(14)3)20(25)23-11-9-22(10-12-23)19(24)16-7-5-6-8-18(16)26-4/h5-8,13H,9-12H2,1-4H3. The van der Waals surface area contributed by atoms with Gasteiger partial charge in [0.15, 0.2) is 0 Å². The summed E-state index contributed by atoms with van der Waals surface area (Å²) in [6.07, 6.45) is 0. The van der Waals surface area contributed by atoms with Crippen LogP contribution in [0.15, 0.2) is 30.3 Å². The molecule has 1 saturated heterocycles. The third-order valence-corrected chi connectivity index (χ3v) is 5.20. The molecule has 2 aromatic rings. The quantitative estimate of drug-likeness (QED) is 0.849. The Kier molecular flexibility index (Phi) is 5.02. The van der Waals surface area contributed by atoms with E-state index in [9.17, 15) is 9.59 Å². The van der Waals surface area contributed by atoms with Gasteiger partial charge in [-0.15, -0.1) is 0 Å². The van der Waals surface area contributed by atoms with Crippen molar-refractivity contribution in [2.75, 3.05) is 33.3 Å². The van der Waals surface area contributed by atoms with Crippen LogP contribution < -0.4 is 4.74 Å². The fourth-order valence-electron chi connectivity index (χ4n) is 3.35. The van der Waals surface area contributed by atoms with Gasteiger partial charge >= 0.3 is 0 Å². The molecule has 0 unspecified atom stereocenters. The maximum absolute atomic E-state index is 12.8. The predicted molar refractivity (Wildman–Crippen MR) is 99.7 cm³/mol. The van der Waals surface area contributed by atoms with Gasteiger partial charge < -0.3 is 19.1 Å². The summed E-state index contributed by atoms with van der Waals surface area (Å²) < 4.78 is 7.31. The first-order chi connectivity index (χ1) is 12.4. The second-order valence-electron chi connectivity index (χ2n) is 6.63. The highest BCUT2D eigenvalue weighted by Crippen LogP contribution is 2.21. The van der Waals surface area contributed by atoms with Crippen molar-refractivity contribution in [3.8, 4) is 5.75 Å². The van der Waals surface area contributed by atoms with Crippen LogP contribution in [0.5, 0.6) is 5.75 Å². The third-order valence-electron chi connectivity index (χ3n) is 5.20. The molecule has 1 aromatic carbocycles. The van der Waals surface area contributed by atoms with Crippen LogP contribution in [0.3, 0.4) is 0 Å². The van der Waals surface area contributed by atoms with Crippen molar-refractivity contribution in [1.29, 1.82) is 0 Å². The number of ether oxygens (including phenoxy) is 1. The number of nitrogens with zero attached hydrogens (tertiary/aromatic N) is 3. The second-order valence-corrected chi connectivity index (χ2v) is 6.63. The summed E-state index contributed by atoms with van der Waals surface area (Å²) in [5.41, 5.74) is 3.34. The molecule has 1 aliphatic rings. The molecule has 1 fully saturated rings. The zero-order chi connectivity index (χ0) is 18.8. The molecule has 0 bridgehead atoms. The average molecular weight is 355 g/mol. The Morgan fingerprint density at radius 3 is 1.96 bits per heavy atom. The van der Waals surface area contributed by atoms with E-state index in [1.54, 1.807) is 24.1 Å². The minimum absolute atomic E-state index is 0.0376. The fraction of sp³-hybridized carbons (Fsp3) is 0.400. The third kappa shape index (κ3) is 3.19. The lowest BCUT2D eigenvalue weighted by molar-refractivity contribution is 0.0533. The molecule has 6 nitrogen and oxygen atoms in total. The van der Waals surface area contributed by atoms with E-state index in [1.165, 1.54) is 0 Å². The lowest BCUT2D eigenvalue weighted by atomic mass is 10.1. The number of aromatic nitrogens is 1. The molecule has 0 aliphatic carbocycles. The Hall–Kier alpha value is -2.76. The Morgan fingerprint density at radius 2 is 1.46 bits per heavy atom. The molecule has 0 spiro atoms. The molecular formula is C20H25N3O3. The van der Waals surface area contributed by atoms with E-state index < -0.39 is 0 Å². The molecule has 26 heavy (non-hydrogen) atoms. The van der Waals surface area contributed by atoms with E-state index in [0.717, 1.165) is 17.0 Å². The van der Waals surface area contributed by atoms with E-state index in [4.69, 9.17) is 4.74 Å². The number of rotatable bonds is 3. The van der Waals surface area contributed by atoms with Crippen molar-refractivity contribution >= 4 is 11.8 Å². The Labute approximate surface area is 154 Å². The fourth-order valence-corrected chi connectivity index (χ4v) is 3.35. The minimum Gasteiger partial charge on any atom is -0.496 e. The number of methoxy groups -OCH3 is 1. The van der Waals surface area contributed by atoms with Gasteiger partial charge in [0.1, 0.15) is 5.75 Å². The number of benzene rings is 1. The first-order valence-corrected chi connectivity index (χ1v) is 8.78. The molecule has 1 aliphatic heterocycles. The van der Waals surface area contributed by atoms with Gasteiger partial charge in [-0.05, 0) is 32.0 Å². The summed E-state index contributed by atoms with van der Waals surface area (Å²) in [5, 5.41) is 0. The van der Waals surface area contributed by atoms with Gasteiger partial charge in [0.2, 0.25) is 0 Å². The van der Waals surface area contributed by atoms with Crippen molar-refractivity contribution in [2.45, 2.75) is 13.8 Å². The number of amides is 2. The van der Waals surface area contributed by atoms with Crippen molar-refractivity contribution in [1.82, 2.24) is 14.4 Å². The summed E-state index contributed by atoms with van der Waals surface area (Å²) in [6, 6.07) is 9.17. The zero-order valence-corrected chi connectivity index (χ0v) is 15.8. The first kappa shape index (κ1) is 18.0. The zero-order valence-electron chi connectivity index (χ0n) is 15.8. The SMILES string of the molecule is COc1ccccc1C(=O)N1CCN(C(=O)c2cc(C)n(C)c2C)CC1. The van der Waals surface area contributed by atoms with Crippen molar-refractivity contribution in [3.05, 3.63) is 52.8 Å². The molecule has 2 amide bonds. The molecule has 0 saturated carbocycles. The molecule has 138 valence electrons. The molecule has 3 rings (SSSR count). The van der Waals surface area contributed by atoms with Crippen molar-refractivity contribution < 1.29 is 14.3 Å². The van der Waals surface area contributed by atoms with Crippen LogP contribution in [0.4, 0.5) is 0 Å². The van der Waals surface area contributed by atoms with Gasteiger partial charge in [-0.1, -0.05) is 12.1 Å². The Morgan fingerprint density at radius 1 is 0.923 bits per heavy atom. The summed E-state index contributed by atoms with van der Waals surface area (Å²) in [5.74, 6) is 0.559. The number of carbonyl (C=O) groups is 2. The Balaban J connectivity index is 1.68. The highest BCUT2D eigenvalue weighted by Gasteiger charge is 2.28. The molecule has 0 radical (unpaired) electrons. The van der Waals surface area contributed by atoms with Crippen molar-refractivity contribution in [3.63, 3.8) is 0 Å². The molecule has 0 N–H and O–H groups in total. The minimum atomic E-state index is -0.0544. The maximum Gasteiger partial charge on any atom is 0.257 e. The lowest BCUT2D eigenvalue weighted by Gasteiger charge is -2.35. The summed E-state index contributed by atoms with van der Waals surface area (Å²) >= 11 is 0. The van der Waals surface area contributed by atoms with Gasteiger partial charge in [-0.25, -0.2) is 0 Å². The molecule has 0 atom stereocenters. The number of para-hydroxylation sites is 1. The predicted octanol–water partition coefficient (Wildman–Crippen LogP) is 2.25. The van der Waals surface area contributed by atoms with E-state index in [-0.39, 0.29) is 11.8 Å². The highest BCUT2D eigenvalue weighted by molar-refractivity contribution is 5.98. The molecular weight excluding hydrogens is 330 g/mol. The summed E-state index contributed by atoms with van der Waals surface area (Å²) in [4.78, 5) is 29.2. The second kappa shape index (κ2) is 7.23. The number of hydrogen-bond acceptors (Lipinski definition) is 3. The van der Waals surface area contributed by atoms with Gasteiger partial charge in [0.05, 0.1) is 18.2 Å².